The van der Waals surface area contributed by atoms with Gasteiger partial charge in [0.25, 0.3) is 0 Å². The number of thiazole rings is 1. The lowest BCUT2D eigenvalue weighted by molar-refractivity contribution is -0.121. The number of hydrogen-bond donors (Lipinski definition) is 1. The van der Waals surface area contributed by atoms with Gasteiger partial charge < -0.3 is 10.1 Å². The number of hydrogen-bond acceptors (Lipinski definition) is 6. The fraction of sp³-hybridized carbons (Fsp3) is 0.737. The first-order chi connectivity index (χ1) is 13.0. The van der Waals surface area contributed by atoms with Crippen molar-refractivity contribution in [2.75, 3.05) is 44.3 Å². The molecule has 150 valence electrons. The quantitative estimate of drug-likeness (QED) is 0.726. The molecule has 1 N–H and O–H groups in total. The van der Waals surface area contributed by atoms with E-state index in [4.69, 9.17) is 4.74 Å². The highest BCUT2D eigenvalue weighted by molar-refractivity contribution is 7.14. The fourth-order valence-corrected chi connectivity index (χ4v) is 4.53. The van der Waals surface area contributed by atoms with Crippen molar-refractivity contribution >= 4 is 28.3 Å². The van der Waals surface area contributed by atoms with Gasteiger partial charge in [-0.2, -0.15) is 0 Å². The summed E-state index contributed by atoms with van der Waals surface area (Å²) < 4.78 is 5.45. The van der Waals surface area contributed by atoms with Crippen LogP contribution in [0.3, 0.4) is 0 Å². The summed E-state index contributed by atoms with van der Waals surface area (Å²) in [4.78, 5) is 32.9. The predicted octanol–water partition coefficient (Wildman–Crippen LogP) is 1.68. The fourth-order valence-electron chi connectivity index (χ4n) is 3.66. The number of carbonyl (C=O) groups excluding carboxylic acids is 2. The van der Waals surface area contributed by atoms with Gasteiger partial charge in [-0.25, -0.2) is 4.98 Å². The molecular formula is C19H30N4O3S. The Bertz CT molecular complexity index is 643. The molecule has 27 heavy (non-hydrogen) atoms. The molecule has 0 aromatic carbocycles. The third-order valence-electron chi connectivity index (χ3n) is 5.03. The average Bonchev–Trinajstić information content (AvgIpc) is 3.27. The summed E-state index contributed by atoms with van der Waals surface area (Å²) in [5.41, 5.74) is 0.735. The Balaban J connectivity index is 1.50. The highest BCUT2D eigenvalue weighted by Gasteiger charge is 2.25. The van der Waals surface area contributed by atoms with E-state index in [-0.39, 0.29) is 18.2 Å². The van der Waals surface area contributed by atoms with E-state index >= 15 is 0 Å². The molecule has 7 nitrogen and oxygen atoms in total. The Morgan fingerprint density at radius 1 is 1.33 bits per heavy atom. The van der Waals surface area contributed by atoms with E-state index in [9.17, 15) is 9.59 Å². The van der Waals surface area contributed by atoms with Gasteiger partial charge in [0.1, 0.15) is 0 Å². The van der Waals surface area contributed by atoms with Crippen molar-refractivity contribution in [1.29, 1.82) is 0 Å². The maximum Gasteiger partial charge on any atom is 0.228 e. The molecule has 3 rings (SSSR count). The van der Waals surface area contributed by atoms with E-state index < -0.39 is 0 Å². The smallest absolute Gasteiger partial charge is 0.228 e. The Kier molecular flexibility index (Phi) is 7.20. The second-order valence-corrected chi connectivity index (χ2v) is 8.52. The van der Waals surface area contributed by atoms with E-state index in [1.54, 1.807) is 4.90 Å². The van der Waals surface area contributed by atoms with Crippen molar-refractivity contribution in [2.45, 2.75) is 45.6 Å². The van der Waals surface area contributed by atoms with Gasteiger partial charge >= 0.3 is 0 Å². The van der Waals surface area contributed by atoms with E-state index in [0.717, 1.165) is 51.4 Å². The van der Waals surface area contributed by atoms with Crippen LogP contribution in [-0.4, -0.2) is 67.1 Å². The highest BCUT2D eigenvalue weighted by atomic mass is 32.1. The van der Waals surface area contributed by atoms with Crippen LogP contribution in [0.15, 0.2) is 5.38 Å². The number of anilines is 1. The number of nitrogens with one attached hydrogen (secondary N) is 1. The summed E-state index contributed by atoms with van der Waals surface area (Å²) in [6, 6.07) is 0.339. The Morgan fingerprint density at radius 2 is 2.11 bits per heavy atom. The zero-order valence-electron chi connectivity index (χ0n) is 16.3. The molecule has 0 radical (unpaired) electrons. The van der Waals surface area contributed by atoms with Crippen LogP contribution in [0.2, 0.25) is 0 Å². The van der Waals surface area contributed by atoms with E-state index in [0.29, 0.717) is 30.1 Å². The highest BCUT2D eigenvalue weighted by Crippen LogP contribution is 2.25. The molecule has 1 aromatic heterocycles. The Hall–Kier alpha value is -1.51. The molecule has 8 heteroatoms. The van der Waals surface area contributed by atoms with Gasteiger partial charge in [-0.1, -0.05) is 13.8 Å². The molecule has 2 amide bonds. The summed E-state index contributed by atoms with van der Waals surface area (Å²) in [5, 5.41) is 5.68. The topological polar surface area (TPSA) is 74.8 Å². The largest absolute Gasteiger partial charge is 0.379 e. The van der Waals surface area contributed by atoms with Crippen molar-refractivity contribution < 1.29 is 14.3 Å². The molecule has 2 fully saturated rings. The van der Waals surface area contributed by atoms with E-state index in [1.165, 1.54) is 11.3 Å². The van der Waals surface area contributed by atoms with Crippen LogP contribution in [0.5, 0.6) is 0 Å². The number of nitrogens with zero attached hydrogens (tertiary/aromatic N) is 3. The SMILES string of the molecule is CC(C)CC(CNC(=O)Cc1csc(N2CCCC2=O)n1)N1CCOCC1. The van der Waals surface area contributed by atoms with Gasteiger partial charge in [0.05, 0.1) is 25.3 Å². The first-order valence-electron chi connectivity index (χ1n) is 9.86. The lowest BCUT2D eigenvalue weighted by Crippen LogP contribution is -2.49. The molecule has 0 saturated carbocycles. The number of morpholine rings is 1. The summed E-state index contributed by atoms with van der Waals surface area (Å²) in [6.45, 7) is 9.18. The molecular weight excluding hydrogens is 364 g/mol. The van der Waals surface area contributed by atoms with Crippen LogP contribution < -0.4 is 10.2 Å². The lowest BCUT2D eigenvalue weighted by atomic mass is 10.0. The van der Waals surface area contributed by atoms with E-state index in [1.807, 2.05) is 5.38 Å². The molecule has 0 aliphatic carbocycles. The van der Waals surface area contributed by atoms with Crippen molar-refractivity contribution in [3.63, 3.8) is 0 Å². The Morgan fingerprint density at radius 3 is 2.78 bits per heavy atom. The molecule has 1 unspecified atom stereocenters. The molecule has 2 saturated heterocycles. The molecule has 2 aliphatic heterocycles. The predicted molar refractivity (Wildman–Crippen MR) is 106 cm³/mol. The van der Waals surface area contributed by atoms with Crippen LogP contribution in [0, 0.1) is 5.92 Å². The minimum absolute atomic E-state index is 0.0124. The molecule has 1 atom stereocenters. The second-order valence-electron chi connectivity index (χ2n) is 7.68. The Labute approximate surface area is 165 Å². The van der Waals surface area contributed by atoms with E-state index in [2.05, 4.69) is 29.0 Å². The second kappa shape index (κ2) is 9.61. The number of aromatic nitrogens is 1. The summed E-state index contributed by atoms with van der Waals surface area (Å²) in [7, 11) is 0. The molecule has 1 aromatic rings. The summed E-state index contributed by atoms with van der Waals surface area (Å²) in [5.74, 6) is 0.692. The van der Waals surface area contributed by atoms with Gasteiger partial charge in [0, 0.05) is 44.0 Å². The van der Waals surface area contributed by atoms with Crippen molar-refractivity contribution in [3.05, 3.63) is 11.1 Å². The van der Waals surface area contributed by atoms with Gasteiger partial charge in [-0.05, 0) is 18.8 Å². The van der Waals surface area contributed by atoms with Gasteiger partial charge in [-0.3, -0.25) is 19.4 Å². The van der Waals surface area contributed by atoms with Gasteiger partial charge in [0.15, 0.2) is 5.13 Å². The number of rotatable bonds is 8. The van der Waals surface area contributed by atoms with Crippen LogP contribution >= 0.6 is 11.3 Å². The third-order valence-corrected chi connectivity index (χ3v) is 5.94. The van der Waals surface area contributed by atoms with Gasteiger partial charge in [0.2, 0.25) is 11.8 Å². The molecule has 0 spiro atoms. The summed E-state index contributed by atoms with van der Waals surface area (Å²) >= 11 is 1.44. The van der Waals surface area contributed by atoms with Crippen molar-refractivity contribution in [2.24, 2.45) is 5.92 Å². The van der Waals surface area contributed by atoms with Gasteiger partial charge in [-0.15, -0.1) is 11.3 Å². The zero-order chi connectivity index (χ0) is 19.2. The number of carbonyl (C=O) groups is 2. The molecule has 0 bridgehead atoms. The molecule has 3 heterocycles. The standard InChI is InChI=1S/C19H30N4O3S/c1-14(2)10-16(22-6-8-26-9-7-22)12-20-17(24)11-15-13-27-19(21-15)23-5-3-4-18(23)25/h13-14,16H,3-12H2,1-2H3,(H,20,24). The maximum absolute atomic E-state index is 12.4. The van der Waals surface area contributed by atoms with Crippen LogP contribution in [0.4, 0.5) is 5.13 Å². The van der Waals surface area contributed by atoms with Crippen molar-refractivity contribution in [3.8, 4) is 0 Å². The summed E-state index contributed by atoms with van der Waals surface area (Å²) in [6.07, 6.45) is 2.79. The van der Waals surface area contributed by atoms with Crippen LogP contribution in [-0.2, 0) is 20.7 Å². The van der Waals surface area contributed by atoms with Crippen molar-refractivity contribution in [1.82, 2.24) is 15.2 Å². The third kappa shape index (κ3) is 5.73. The monoisotopic (exact) mass is 394 g/mol. The number of amides is 2. The number of ether oxygens (including phenoxy) is 1. The lowest BCUT2D eigenvalue weighted by Gasteiger charge is -2.35. The maximum atomic E-state index is 12.4. The molecule has 2 aliphatic rings. The average molecular weight is 395 g/mol. The first-order valence-corrected chi connectivity index (χ1v) is 10.7. The normalized spacial score (nSPS) is 19.7. The minimum Gasteiger partial charge on any atom is -0.379 e. The van der Waals surface area contributed by atoms with Crippen LogP contribution in [0.1, 0.15) is 38.8 Å². The zero-order valence-corrected chi connectivity index (χ0v) is 17.1. The minimum atomic E-state index is -0.0124. The van der Waals surface area contributed by atoms with Crippen LogP contribution in [0.25, 0.3) is 0 Å². The first kappa shape index (κ1) is 20.2.